The molecule has 18 heavy (non-hydrogen) atoms. The Morgan fingerprint density at radius 2 is 2.11 bits per heavy atom. The van der Waals surface area contributed by atoms with E-state index in [1.807, 2.05) is 44.1 Å². The number of nitriles is 1. The van der Waals surface area contributed by atoms with Gasteiger partial charge in [0.25, 0.3) is 0 Å². The summed E-state index contributed by atoms with van der Waals surface area (Å²) < 4.78 is 0.846. The predicted octanol–water partition coefficient (Wildman–Crippen LogP) is 2.94. The first-order valence-electron chi connectivity index (χ1n) is 5.29. The number of nitrogens with zero attached hydrogens (tertiary/aromatic N) is 4. The molecule has 1 aromatic carbocycles. The molecule has 0 saturated carbocycles. The van der Waals surface area contributed by atoms with Crippen LogP contribution in [0, 0.1) is 18.3 Å². The average Bonchev–Trinajstić information content (AvgIpc) is 2.80. The minimum atomic E-state index is 0.682. The molecule has 0 aliphatic carbocycles. The number of rotatable bonds is 3. The van der Waals surface area contributed by atoms with Crippen molar-refractivity contribution in [3.05, 3.63) is 29.3 Å². The van der Waals surface area contributed by atoms with Gasteiger partial charge in [-0.25, -0.2) is 0 Å². The fourth-order valence-electron chi connectivity index (χ4n) is 1.34. The zero-order valence-electron chi connectivity index (χ0n) is 10.3. The van der Waals surface area contributed by atoms with Gasteiger partial charge in [0.05, 0.1) is 5.56 Å². The SMILES string of the molecule is Cc1ccc(Sc2nnc(N(C)C)s2)c(C#N)c1. The van der Waals surface area contributed by atoms with Crippen LogP contribution in [0.5, 0.6) is 0 Å². The Hall–Kier alpha value is -1.58. The Morgan fingerprint density at radius 3 is 2.72 bits per heavy atom. The van der Waals surface area contributed by atoms with Crippen LogP contribution in [0.25, 0.3) is 0 Å². The van der Waals surface area contributed by atoms with E-state index in [1.54, 1.807) is 0 Å². The fraction of sp³-hybridized carbons (Fsp3) is 0.250. The van der Waals surface area contributed by atoms with Gasteiger partial charge in [-0.2, -0.15) is 5.26 Å². The number of hydrogen-bond donors (Lipinski definition) is 0. The summed E-state index contributed by atoms with van der Waals surface area (Å²) in [5.41, 5.74) is 1.77. The Balaban J connectivity index is 2.26. The first-order valence-corrected chi connectivity index (χ1v) is 6.93. The minimum absolute atomic E-state index is 0.682. The second-order valence-corrected chi connectivity index (χ2v) is 6.20. The number of aryl methyl sites for hydroxylation is 1. The summed E-state index contributed by atoms with van der Waals surface area (Å²) in [6.45, 7) is 1.98. The molecule has 2 rings (SSSR count). The predicted molar refractivity (Wildman–Crippen MR) is 74.3 cm³/mol. The van der Waals surface area contributed by atoms with E-state index in [0.29, 0.717) is 5.56 Å². The smallest absolute Gasteiger partial charge is 0.208 e. The van der Waals surface area contributed by atoms with Crippen molar-refractivity contribution in [1.29, 1.82) is 5.26 Å². The molecule has 6 heteroatoms. The Bertz CT molecular complexity index is 598. The molecule has 2 aromatic rings. The van der Waals surface area contributed by atoms with Crippen LogP contribution in [0.4, 0.5) is 5.13 Å². The fourth-order valence-corrected chi connectivity index (χ4v) is 3.12. The Labute approximate surface area is 114 Å². The van der Waals surface area contributed by atoms with Crippen LogP contribution in [0.15, 0.2) is 27.4 Å². The minimum Gasteiger partial charge on any atom is -0.353 e. The lowest BCUT2D eigenvalue weighted by atomic mass is 10.2. The zero-order chi connectivity index (χ0) is 13.1. The van der Waals surface area contributed by atoms with Crippen LogP contribution in [0.3, 0.4) is 0 Å². The quantitative estimate of drug-likeness (QED) is 0.862. The maximum atomic E-state index is 9.11. The van der Waals surface area contributed by atoms with Gasteiger partial charge in [0, 0.05) is 19.0 Å². The van der Waals surface area contributed by atoms with Crippen LogP contribution < -0.4 is 4.90 Å². The van der Waals surface area contributed by atoms with Crippen LogP contribution in [-0.4, -0.2) is 24.3 Å². The van der Waals surface area contributed by atoms with Gasteiger partial charge in [0.15, 0.2) is 4.34 Å². The third-order valence-corrected chi connectivity index (χ3v) is 4.45. The largest absolute Gasteiger partial charge is 0.353 e. The summed E-state index contributed by atoms with van der Waals surface area (Å²) in [6, 6.07) is 8.05. The molecule has 0 unspecified atom stereocenters. The lowest BCUT2D eigenvalue weighted by molar-refractivity contribution is 0.972. The Kier molecular flexibility index (Phi) is 3.84. The molecular weight excluding hydrogens is 264 g/mol. The van der Waals surface area contributed by atoms with Gasteiger partial charge < -0.3 is 4.90 Å². The highest BCUT2D eigenvalue weighted by Crippen LogP contribution is 2.34. The average molecular weight is 276 g/mol. The maximum Gasteiger partial charge on any atom is 0.208 e. The van der Waals surface area contributed by atoms with Crippen molar-refractivity contribution in [3.63, 3.8) is 0 Å². The van der Waals surface area contributed by atoms with Crippen molar-refractivity contribution in [2.45, 2.75) is 16.2 Å². The molecule has 0 spiro atoms. The lowest BCUT2D eigenvalue weighted by Crippen LogP contribution is -2.07. The number of hydrogen-bond acceptors (Lipinski definition) is 6. The highest BCUT2D eigenvalue weighted by atomic mass is 32.2. The van der Waals surface area contributed by atoms with E-state index in [2.05, 4.69) is 16.3 Å². The van der Waals surface area contributed by atoms with Gasteiger partial charge >= 0.3 is 0 Å². The molecule has 0 bridgehead atoms. The highest BCUT2D eigenvalue weighted by molar-refractivity contribution is 8.01. The number of anilines is 1. The molecule has 0 amide bonds. The summed E-state index contributed by atoms with van der Waals surface area (Å²) in [7, 11) is 3.86. The van der Waals surface area contributed by atoms with Crippen molar-refractivity contribution in [2.24, 2.45) is 0 Å². The lowest BCUT2D eigenvalue weighted by Gasteiger charge is -2.04. The van der Waals surface area contributed by atoms with E-state index < -0.39 is 0 Å². The topological polar surface area (TPSA) is 52.8 Å². The molecule has 1 aromatic heterocycles. The van der Waals surface area contributed by atoms with E-state index in [0.717, 1.165) is 19.9 Å². The van der Waals surface area contributed by atoms with Gasteiger partial charge in [-0.1, -0.05) is 29.2 Å². The van der Waals surface area contributed by atoms with Crippen molar-refractivity contribution in [1.82, 2.24) is 10.2 Å². The van der Waals surface area contributed by atoms with E-state index in [4.69, 9.17) is 5.26 Å². The van der Waals surface area contributed by atoms with Crippen LogP contribution in [0.2, 0.25) is 0 Å². The third kappa shape index (κ3) is 2.81. The van der Waals surface area contributed by atoms with Gasteiger partial charge in [0.1, 0.15) is 6.07 Å². The van der Waals surface area contributed by atoms with Crippen LogP contribution in [0.1, 0.15) is 11.1 Å². The van der Waals surface area contributed by atoms with E-state index in [1.165, 1.54) is 23.1 Å². The molecule has 0 saturated heterocycles. The Morgan fingerprint density at radius 1 is 1.33 bits per heavy atom. The molecule has 92 valence electrons. The van der Waals surface area contributed by atoms with Gasteiger partial charge in [-0.15, -0.1) is 10.2 Å². The first-order chi connectivity index (χ1) is 8.60. The molecule has 0 aliphatic rings. The molecule has 0 radical (unpaired) electrons. The summed E-state index contributed by atoms with van der Waals surface area (Å²) in [5, 5.41) is 18.2. The molecule has 0 aliphatic heterocycles. The van der Waals surface area contributed by atoms with Crippen molar-refractivity contribution >= 4 is 28.2 Å². The van der Waals surface area contributed by atoms with Crippen LogP contribution >= 0.6 is 23.1 Å². The monoisotopic (exact) mass is 276 g/mol. The van der Waals surface area contributed by atoms with Crippen LogP contribution in [-0.2, 0) is 0 Å². The van der Waals surface area contributed by atoms with Crippen molar-refractivity contribution in [2.75, 3.05) is 19.0 Å². The van der Waals surface area contributed by atoms with Crippen molar-refractivity contribution < 1.29 is 0 Å². The standard InChI is InChI=1S/C12H12N4S2/c1-8-4-5-10(9(6-8)7-13)17-12-15-14-11(18-12)16(2)3/h4-6H,1-3H3. The highest BCUT2D eigenvalue weighted by Gasteiger charge is 2.10. The molecular formula is C12H12N4S2. The zero-order valence-corrected chi connectivity index (χ0v) is 12.0. The molecule has 0 atom stereocenters. The van der Waals surface area contributed by atoms with Gasteiger partial charge in [-0.05, 0) is 24.6 Å². The van der Waals surface area contributed by atoms with E-state index >= 15 is 0 Å². The summed E-state index contributed by atoms with van der Waals surface area (Å²) in [6.07, 6.45) is 0. The number of benzene rings is 1. The summed E-state index contributed by atoms with van der Waals surface area (Å²) in [4.78, 5) is 2.84. The van der Waals surface area contributed by atoms with Gasteiger partial charge in [0.2, 0.25) is 5.13 Å². The van der Waals surface area contributed by atoms with Gasteiger partial charge in [-0.3, -0.25) is 0 Å². The second kappa shape index (κ2) is 5.38. The van der Waals surface area contributed by atoms with E-state index in [-0.39, 0.29) is 0 Å². The first kappa shape index (κ1) is 12.9. The molecule has 4 nitrogen and oxygen atoms in total. The summed E-state index contributed by atoms with van der Waals surface area (Å²) >= 11 is 3.00. The third-order valence-electron chi connectivity index (χ3n) is 2.23. The van der Waals surface area contributed by atoms with Crippen molar-refractivity contribution in [3.8, 4) is 6.07 Å². The summed E-state index contributed by atoms with van der Waals surface area (Å²) in [5.74, 6) is 0. The molecule has 1 heterocycles. The maximum absolute atomic E-state index is 9.11. The molecule has 0 fully saturated rings. The molecule has 0 N–H and O–H groups in total. The normalized spacial score (nSPS) is 10.1. The van der Waals surface area contributed by atoms with E-state index in [9.17, 15) is 0 Å². The number of aromatic nitrogens is 2. The second-order valence-electron chi connectivity index (χ2n) is 3.96.